The Morgan fingerprint density at radius 1 is 1.10 bits per heavy atom. The minimum atomic E-state index is -0.135. The smallest absolute Gasteiger partial charge is 0.255 e. The number of H-pyrrole nitrogens is 1. The highest BCUT2D eigenvalue weighted by molar-refractivity contribution is 6.05. The zero-order valence-corrected chi connectivity index (χ0v) is 11.9. The number of aromatic amines is 1. The van der Waals surface area contributed by atoms with Gasteiger partial charge in [-0.1, -0.05) is 0 Å². The molecule has 106 valence electrons. The maximum atomic E-state index is 12.2. The first-order valence-electron chi connectivity index (χ1n) is 6.70. The number of carbonyl (C=O) groups is 1. The standard InChI is InChI=1S/C17H16N2O2/c1-11-9-13-10-14(5-8-16(13)18-11)19-17(20)12-3-6-15(21-2)7-4-12/h3-10,18H,1-2H3,(H,19,20). The molecular formula is C17H16N2O2. The molecule has 0 fully saturated rings. The van der Waals surface area contributed by atoms with Gasteiger partial charge in [-0.3, -0.25) is 4.79 Å². The van der Waals surface area contributed by atoms with E-state index in [-0.39, 0.29) is 5.91 Å². The Morgan fingerprint density at radius 2 is 1.86 bits per heavy atom. The lowest BCUT2D eigenvalue weighted by Crippen LogP contribution is -2.11. The summed E-state index contributed by atoms with van der Waals surface area (Å²) in [6, 6.07) is 14.9. The third kappa shape index (κ3) is 2.74. The highest BCUT2D eigenvalue weighted by Crippen LogP contribution is 2.20. The van der Waals surface area contributed by atoms with Crippen molar-refractivity contribution in [1.29, 1.82) is 0 Å². The van der Waals surface area contributed by atoms with Gasteiger partial charge in [0, 0.05) is 27.8 Å². The molecule has 2 aromatic carbocycles. The average Bonchev–Trinajstić information content (AvgIpc) is 2.86. The highest BCUT2D eigenvalue weighted by atomic mass is 16.5. The van der Waals surface area contributed by atoms with Gasteiger partial charge >= 0.3 is 0 Å². The van der Waals surface area contributed by atoms with E-state index in [4.69, 9.17) is 4.74 Å². The Morgan fingerprint density at radius 3 is 2.57 bits per heavy atom. The van der Waals surface area contributed by atoms with Gasteiger partial charge in [-0.05, 0) is 55.5 Å². The normalized spacial score (nSPS) is 10.6. The molecule has 0 atom stereocenters. The second kappa shape index (κ2) is 5.32. The van der Waals surface area contributed by atoms with E-state index in [1.54, 1.807) is 31.4 Å². The SMILES string of the molecule is COc1ccc(C(=O)Nc2ccc3[nH]c(C)cc3c2)cc1. The topological polar surface area (TPSA) is 54.1 Å². The first kappa shape index (κ1) is 13.2. The second-order valence-corrected chi connectivity index (χ2v) is 4.94. The Hall–Kier alpha value is -2.75. The van der Waals surface area contributed by atoms with E-state index in [1.807, 2.05) is 25.1 Å². The predicted molar refractivity (Wildman–Crippen MR) is 84.0 cm³/mol. The fourth-order valence-electron chi connectivity index (χ4n) is 2.30. The van der Waals surface area contributed by atoms with Crippen LogP contribution in [0.5, 0.6) is 5.75 Å². The lowest BCUT2D eigenvalue weighted by atomic mass is 10.2. The number of amides is 1. The molecule has 4 heteroatoms. The molecule has 0 spiro atoms. The Bertz CT molecular complexity index is 788. The number of methoxy groups -OCH3 is 1. The predicted octanol–water partition coefficient (Wildman–Crippen LogP) is 3.74. The van der Waals surface area contributed by atoms with Gasteiger partial charge < -0.3 is 15.0 Å². The largest absolute Gasteiger partial charge is 0.497 e. The first-order valence-corrected chi connectivity index (χ1v) is 6.70. The number of carbonyl (C=O) groups excluding carboxylic acids is 1. The van der Waals surface area contributed by atoms with Crippen LogP contribution in [0.3, 0.4) is 0 Å². The molecule has 0 saturated heterocycles. The molecule has 0 aliphatic rings. The van der Waals surface area contributed by atoms with E-state index in [9.17, 15) is 4.79 Å². The van der Waals surface area contributed by atoms with Crippen molar-refractivity contribution < 1.29 is 9.53 Å². The van der Waals surface area contributed by atoms with Crippen molar-refractivity contribution in [2.45, 2.75) is 6.92 Å². The van der Waals surface area contributed by atoms with Crippen molar-refractivity contribution in [3.63, 3.8) is 0 Å². The van der Waals surface area contributed by atoms with Gasteiger partial charge in [-0.15, -0.1) is 0 Å². The number of benzene rings is 2. The third-order valence-electron chi connectivity index (χ3n) is 3.37. The van der Waals surface area contributed by atoms with Crippen LogP contribution in [0.25, 0.3) is 10.9 Å². The summed E-state index contributed by atoms with van der Waals surface area (Å²) in [7, 11) is 1.60. The number of rotatable bonds is 3. The van der Waals surface area contributed by atoms with Gasteiger partial charge in [0.25, 0.3) is 5.91 Å². The van der Waals surface area contributed by atoms with Crippen LogP contribution in [0.1, 0.15) is 16.1 Å². The van der Waals surface area contributed by atoms with Crippen LogP contribution in [0.4, 0.5) is 5.69 Å². The Labute approximate surface area is 122 Å². The van der Waals surface area contributed by atoms with E-state index in [1.165, 1.54) is 0 Å². The second-order valence-electron chi connectivity index (χ2n) is 4.94. The highest BCUT2D eigenvalue weighted by Gasteiger charge is 2.07. The van der Waals surface area contributed by atoms with Crippen molar-refractivity contribution in [3.8, 4) is 5.75 Å². The maximum Gasteiger partial charge on any atom is 0.255 e. The molecule has 0 bridgehead atoms. The number of nitrogens with one attached hydrogen (secondary N) is 2. The number of fused-ring (bicyclic) bond motifs is 1. The maximum absolute atomic E-state index is 12.2. The van der Waals surface area contributed by atoms with Gasteiger partial charge in [0.05, 0.1) is 7.11 Å². The molecule has 0 saturated carbocycles. The van der Waals surface area contributed by atoms with Crippen LogP contribution in [0.2, 0.25) is 0 Å². The molecule has 1 amide bonds. The van der Waals surface area contributed by atoms with Crippen molar-refractivity contribution in [2.75, 3.05) is 12.4 Å². The molecule has 21 heavy (non-hydrogen) atoms. The molecule has 3 rings (SSSR count). The fourth-order valence-corrected chi connectivity index (χ4v) is 2.30. The van der Waals surface area contributed by atoms with E-state index in [0.29, 0.717) is 5.56 Å². The van der Waals surface area contributed by atoms with Gasteiger partial charge in [0.2, 0.25) is 0 Å². The number of hydrogen-bond donors (Lipinski definition) is 2. The van der Waals surface area contributed by atoms with Crippen molar-refractivity contribution in [3.05, 3.63) is 59.8 Å². The number of aromatic nitrogens is 1. The van der Waals surface area contributed by atoms with E-state index < -0.39 is 0 Å². The van der Waals surface area contributed by atoms with Gasteiger partial charge in [-0.2, -0.15) is 0 Å². The van der Waals surface area contributed by atoms with Crippen LogP contribution in [0.15, 0.2) is 48.5 Å². The average molecular weight is 280 g/mol. The molecule has 0 radical (unpaired) electrons. The number of ether oxygens (including phenoxy) is 1. The molecule has 0 aliphatic carbocycles. The molecule has 0 unspecified atom stereocenters. The fraction of sp³-hybridized carbons (Fsp3) is 0.118. The van der Waals surface area contributed by atoms with Crippen LogP contribution in [-0.2, 0) is 0 Å². The van der Waals surface area contributed by atoms with Crippen molar-refractivity contribution in [2.24, 2.45) is 0 Å². The molecule has 4 nitrogen and oxygen atoms in total. The lowest BCUT2D eigenvalue weighted by molar-refractivity contribution is 0.102. The zero-order valence-electron chi connectivity index (χ0n) is 11.9. The van der Waals surface area contributed by atoms with Gasteiger partial charge in [0.1, 0.15) is 5.75 Å². The Kier molecular flexibility index (Phi) is 3.36. The first-order chi connectivity index (χ1) is 10.2. The van der Waals surface area contributed by atoms with Crippen LogP contribution < -0.4 is 10.1 Å². The summed E-state index contributed by atoms with van der Waals surface area (Å²) >= 11 is 0. The van der Waals surface area contributed by atoms with E-state index in [0.717, 1.165) is 28.0 Å². The number of hydrogen-bond acceptors (Lipinski definition) is 2. The van der Waals surface area contributed by atoms with Gasteiger partial charge in [-0.25, -0.2) is 0 Å². The summed E-state index contributed by atoms with van der Waals surface area (Å²) < 4.78 is 5.08. The third-order valence-corrected chi connectivity index (χ3v) is 3.37. The van der Waals surface area contributed by atoms with Gasteiger partial charge in [0.15, 0.2) is 0 Å². The van der Waals surface area contributed by atoms with Crippen LogP contribution in [-0.4, -0.2) is 18.0 Å². The van der Waals surface area contributed by atoms with Crippen LogP contribution in [0, 0.1) is 6.92 Å². The van der Waals surface area contributed by atoms with E-state index in [2.05, 4.69) is 16.4 Å². The van der Waals surface area contributed by atoms with Crippen molar-refractivity contribution in [1.82, 2.24) is 4.98 Å². The summed E-state index contributed by atoms with van der Waals surface area (Å²) in [5.74, 6) is 0.597. The lowest BCUT2D eigenvalue weighted by Gasteiger charge is -2.06. The summed E-state index contributed by atoms with van der Waals surface area (Å²) in [5.41, 5.74) is 3.54. The van der Waals surface area contributed by atoms with Crippen LogP contribution >= 0.6 is 0 Å². The molecular weight excluding hydrogens is 264 g/mol. The molecule has 1 heterocycles. The molecule has 2 N–H and O–H groups in total. The number of anilines is 1. The summed E-state index contributed by atoms with van der Waals surface area (Å²) in [6.07, 6.45) is 0. The summed E-state index contributed by atoms with van der Waals surface area (Å²) in [5, 5.41) is 3.99. The van der Waals surface area contributed by atoms with E-state index >= 15 is 0 Å². The molecule has 0 aliphatic heterocycles. The monoisotopic (exact) mass is 280 g/mol. The molecule has 3 aromatic rings. The minimum Gasteiger partial charge on any atom is -0.497 e. The summed E-state index contributed by atoms with van der Waals surface area (Å²) in [6.45, 7) is 2.01. The molecule has 1 aromatic heterocycles. The number of aryl methyl sites for hydroxylation is 1. The summed E-state index contributed by atoms with van der Waals surface area (Å²) in [4.78, 5) is 15.5. The minimum absolute atomic E-state index is 0.135. The van der Waals surface area contributed by atoms with Crippen molar-refractivity contribution >= 4 is 22.5 Å². The quantitative estimate of drug-likeness (QED) is 0.768. The zero-order chi connectivity index (χ0) is 14.8. The Balaban J connectivity index is 1.81.